The minimum Gasteiger partial charge on any atom is -0.465 e. The van der Waals surface area contributed by atoms with Gasteiger partial charge in [0.15, 0.2) is 0 Å². The van der Waals surface area contributed by atoms with E-state index in [4.69, 9.17) is 18.9 Å². The number of rotatable bonds is 72. The van der Waals surface area contributed by atoms with Crippen molar-refractivity contribution in [2.24, 2.45) is 5.41 Å². The maximum Gasteiger partial charge on any atom is 0.305 e. The molecule has 0 saturated carbocycles. The molecular weight excluding hydrogens is 1050 g/mol. The quantitative estimate of drug-likeness (QED) is 0.0337. The molecule has 0 aromatic carbocycles. The predicted molar refractivity (Wildman–Crippen MR) is 364 cm³/mol. The van der Waals surface area contributed by atoms with Crippen LogP contribution in [0.25, 0.3) is 0 Å². The molecule has 504 valence electrons. The Morgan fingerprint density at radius 3 is 0.400 bits per heavy atom. The number of hydrogen-bond donors (Lipinski definition) is 0. The van der Waals surface area contributed by atoms with Crippen LogP contribution in [-0.2, 0) is 38.1 Å². The number of unbranched alkanes of at least 4 members (excludes halogenated alkanes) is 56. The lowest BCUT2D eigenvalue weighted by molar-refractivity contribution is -0.170. The summed E-state index contributed by atoms with van der Waals surface area (Å²) >= 11 is 0. The van der Waals surface area contributed by atoms with Crippen molar-refractivity contribution in [3.05, 3.63) is 0 Å². The zero-order valence-electron chi connectivity index (χ0n) is 57.8. The normalized spacial score (nSPS) is 11.6. The third kappa shape index (κ3) is 64.7. The minimum absolute atomic E-state index is 0.157. The highest BCUT2D eigenvalue weighted by atomic mass is 16.6. The molecule has 0 heterocycles. The molecule has 0 fully saturated rings. The third-order valence-corrected chi connectivity index (χ3v) is 18.1. The topological polar surface area (TPSA) is 105 Å². The Kier molecular flexibility index (Phi) is 67.6. The molecule has 8 heteroatoms. The van der Waals surface area contributed by atoms with Crippen molar-refractivity contribution in [3.8, 4) is 0 Å². The molecule has 0 spiro atoms. The Hall–Kier alpha value is -2.12. The zero-order valence-corrected chi connectivity index (χ0v) is 57.8. The van der Waals surface area contributed by atoms with Crippen molar-refractivity contribution >= 4 is 23.9 Å². The lowest BCUT2D eigenvalue weighted by atomic mass is 9.92. The Balaban J connectivity index is 5.40. The maximum atomic E-state index is 13.4. The van der Waals surface area contributed by atoms with Gasteiger partial charge in [-0.25, -0.2) is 0 Å². The average molecular weight is 1200 g/mol. The molecule has 0 aromatic rings. The number of hydrogen-bond acceptors (Lipinski definition) is 8. The van der Waals surface area contributed by atoms with E-state index in [9.17, 15) is 19.2 Å². The van der Waals surface area contributed by atoms with Crippen LogP contribution in [0.5, 0.6) is 0 Å². The molecule has 0 bridgehead atoms. The second-order valence-corrected chi connectivity index (χ2v) is 26.9. The van der Waals surface area contributed by atoms with E-state index in [1.807, 2.05) is 0 Å². The van der Waals surface area contributed by atoms with Crippen molar-refractivity contribution in [1.82, 2.24) is 0 Å². The first kappa shape index (κ1) is 82.9. The lowest BCUT2D eigenvalue weighted by Crippen LogP contribution is -2.44. The summed E-state index contributed by atoms with van der Waals surface area (Å²) in [6.07, 6.45) is 76.4. The van der Waals surface area contributed by atoms with E-state index in [2.05, 4.69) is 27.7 Å². The maximum absolute atomic E-state index is 13.4. The van der Waals surface area contributed by atoms with Crippen molar-refractivity contribution < 1.29 is 38.1 Å². The monoisotopic (exact) mass is 1200 g/mol. The van der Waals surface area contributed by atoms with Crippen LogP contribution in [0.1, 0.15) is 439 Å². The van der Waals surface area contributed by atoms with E-state index in [-0.39, 0.29) is 50.3 Å². The minimum atomic E-state index is -1.20. The van der Waals surface area contributed by atoms with Crippen LogP contribution < -0.4 is 0 Å². The highest BCUT2D eigenvalue weighted by Crippen LogP contribution is 2.25. The molecule has 0 saturated heterocycles. The summed E-state index contributed by atoms with van der Waals surface area (Å²) in [4.78, 5) is 53.6. The highest BCUT2D eigenvalue weighted by Gasteiger charge is 2.38. The summed E-state index contributed by atoms with van der Waals surface area (Å²) in [5, 5.41) is 0. The number of ether oxygens (including phenoxy) is 4. The number of esters is 4. The second-order valence-electron chi connectivity index (χ2n) is 26.9. The molecule has 0 amide bonds. The van der Waals surface area contributed by atoms with Gasteiger partial charge in [0.25, 0.3) is 0 Å². The van der Waals surface area contributed by atoms with Crippen LogP contribution in [-0.4, -0.2) is 50.3 Å². The van der Waals surface area contributed by atoms with Gasteiger partial charge in [-0.1, -0.05) is 387 Å². The predicted octanol–water partition coefficient (Wildman–Crippen LogP) is 25.2. The van der Waals surface area contributed by atoms with Gasteiger partial charge in [0.2, 0.25) is 0 Å². The molecular formula is C77H148O8. The molecule has 0 aromatic heterocycles. The average Bonchev–Trinajstić information content (AvgIpc) is 3.60. The molecule has 0 aliphatic carbocycles. The molecule has 0 atom stereocenters. The summed E-state index contributed by atoms with van der Waals surface area (Å²) in [6, 6.07) is 0. The fourth-order valence-electron chi connectivity index (χ4n) is 12.0. The van der Waals surface area contributed by atoms with Crippen molar-refractivity contribution in [2.45, 2.75) is 439 Å². The van der Waals surface area contributed by atoms with Crippen LogP contribution in [0.3, 0.4) is 0 Å². The van der Waals surface area contributed by atoms with Gasteiger partial charge in [-0.3, -0.25) is 19.2 Å². The van der Waals surface area contributed by atoms with Gasteiger partial charge in [0.1, 0.15) is 31.8 Å². The Labute approximate surface area is 530 Å². The van der Waals surface area contributed by atoms with E-state index in [0.717, 1.165) is 77.0 Å². The first-order valence-electron chi connectivity index (χ1n) is 38.4. The highest BCUT2D eigenvalue weighted by molar-refractivity contribution is 5.71. The first-order valence-corrected chi connectivity index (χ1v) is 38.4. The molecule has 0 aliphatic rings. The van der Waals surface area contributed by atoms with Gasteiger partial charge in [-0.05, 0) is 25.7 Å². The van der Waals surface area contributed by atoms with Crippen LogP contribution in [0.2, 0.25) is 0 Å². The Bertz CT molecular complexity index is 1180. The van der Waals surface area contributed by atoms with Gasteiger partial charge < -0.3 is 18.9 Å². The van der Waals surface area contributed by atoms with E-state index in [0.29, 0.717) is 25.7 Å². The largest absolute Gasteiger partial charge is 0.465 e. The molecule has 0 unspecified atom stereocenters. The third-order valence-electron chi connectivity index (χ3n) is 18.1. The van der Waals surface area contributed by atoms with E-state index in [1.165, 1.54) is 308 Å². The van der Waals surface area contributed by atoms with Crippen LogP contribution in [0.4, 0.5) is 0 Å². The molecule has 8 nitrogen and oxygen atoms in total. The summed E-state index contributed by atoms with van der Waals surface area (Å²) < 4.78 is 23.9. The standard InChI is InChI=1S/C77H148O8/c1-5-9-13-17-21-25-29-33-37-41-45-49-53-57-61-65-73(78)82-69-77(70-83-74(79)66-62-58-54-50-46-42-38-34-30-26-22-18-14-10-6-2,71-84-75(80)67-63-59-55-51-47-43-39-35-31-27-23-19-15-11-7-3)72-85-76(81)68-64-60-56-52-48-44-40-36-32-28-24-20-16-12-8-4/h5-72H2,1-4H3. The van der Waals surface area contributed by atoms with E-state index >= 15 is 0 Å². The summed E-state index contributed by atoms with van der Waals surface area (Å²) in [5.74, 6) is -1.29. The van der Waals surface area contributed by atoms with Gasteiger partial charge >= 0.3 is 23.9 Å². The van der Waals surface area contributed by atoms with Crippen LogP contribution in [0, 0.1) is 5.41 Å². The Morgan fingerprint density at radius 1 is 0.176 bits per heavy atom. The Morgan fingerprint density at radius 2 is 0.282 bits per heavy atom. The van der Waals surface area contributed by atoms with Crippen LogP contribution >= 0.6 is 0 Å². The molecule has 0 N–H and O–H groups in total. The smallest absolute Gasteiger partial charge is 0.305 e. The first-order chi connectivity index (χ1) is 41.8. The fraction of sp³-hybridized carbons (Fsp3) is 0.948. The molecule has 0 radical (unpaired) electrons. The van der Waals surface area contributed by atoms with Gasteiger partial charge in [0.05, 0.1) is 0 Å². The zero-order chi connectivity index (χ0) is 61.7. The summed E-state index contributed by atoms with van der Waals surface area (Å²) in [5.41, 5.74) is -1.20. The van der Waals surface area contributed by atoms with Crippen molar-refractivity contribution in [1.29, 1.82) is 0 Å². The van der Waals surface area contributed by atoms with E-state index in [1.54, 1.807) is 0 Å². The lowest BCUT2D eigenvalue weighted by Gasteiger charge is -2.31. The van der Waals surface area contributed by atoms with Crippen molar-refractivity contribution in [3.63, 3.8) is 0 Å². The van der Waals surface area contributed by atoms with Crippen LogP contribution in [0.15, 0.2) is 0 Å². The molecule has 0 rings (SSSR count). The number of carbonyl (C=O) groups excluding carboxylic acids is 4. The molecule has 0 aliphatic heterocycles. The van der Waals surface area contributed by atoms with E-state index < -0.39 is 5.41 Å². The van der Waals surface area contributed by atoms with Gasteiger partial charge in [-0.2, -0.15) is 0 Å². The van der Waals surface area contributed by atoms with Gasteiger partial charge in [-0.15, -0.1) is 0 Å². The molecule has 85 heavy (non-hydrogen) atoms. The second kappa shape index (κ2) is 69.4. The summed E-state index contributed by atoms with van der Waals surface area (Å²) in [7, 11) is 0. The van der Waals surface area contributed by atoms with Gasteiger partial charge in [0, 0.05) is 25.7 Å². The number of carbonyl (C=O) groups is 4. The SMILES string of the molecule is CCCCCCCCCCCCCCCCCC(=O)OCC(COC(=O)CCCCCCCCCCCCCCCCC)(COC(=O)CCCCCCCCCCCCCCCCC)COC(=O)CCCCCCCCCCCCCCCCC. The fourth-order valence-corrected chi connectivity index (χ4v) is 12.0. The van der Waals surface area contributed by atoms with Crippen molar-refractivity contribution in [2.75, 3.05) is 26.4 Å². The summed E-state index contributed by atoms with van der Waals surface area (Å²) in [6.45, 7) is 8.48.